The van der Waals surface area contributed by atoms with Crippen molar-refractivity contribution in [2.75, 3.05) is 10.5 Å². The Morgan fingerprint density at radius 2 is 1.85 bits per heavy atom. The maximum atomic E-state index is 13.8. The second-order valence-electron chi connectivity index (χ2n) is 7.55. The van der Waals surface area contributed by atoms with Crippen molar-refractivity contribution in [2.24, 2.45) is 0 Å². The van der Waals surface area contributed by atoms with E-state index >= 15 is 0 Å². The monoisotopic (exact) mass is 469 g/mol. The van der Waals surface area contributed by atoms with Gasteiger partial charge in [0.2, 0.25) is 16.0 Å². The quantitative estimate of drug-likeness (QED) is 0.438. The molecule has 0 radical (unpaired) electrons. The third-order valence-electron chi connectivity index (χ3n) is 4.77. The molecular formula is C21H20FN7O3S. The van der Waals surface area contributed by atoms with Gasteiger partial charge >= 0.3 is 0 Å². The maximum absolute atomic E-state index is 13.8. The summed E-state index contributed by atoms with van der Waals surface area (Å²) in [6.45, 7) is 3.66. The van der Waals surface area contributed by atoms with Crippen LogP contribution in [0.15, 0.2) is 53.6 Å². The Balaban J connectivity index is 1.66. The van der Waals surface area contributed by atoms with Gasteiger partial charge in [-0.2, -0.15) is 4.98 Å². The van der Waals surface area contributed by atoms with Crippen molar-refractivity contribution in [2.45, 2.75) is 25.6 Å². The Kier molecular flexibility index (Phi) is 5.77. The molecule has 12 heteroatoms. The van der Waals surface area contributed by atoms with Gasteiger partial charge in [0.15, 0.2) is 5.65 Å². The number of anilines is 2. The Bertz CT molecular complexity index is 1500. The maximum Gasteiger partial charge on any atom is 0.279 e. The molecule has 33 heavy (non-hydrogen) atoms. The summed E-state index contributed by atoms with van der Waals surface area (Å²) >= 11 is 0. The van der Waals surface area contributed by atoms with Crippen LogP contribution in [0, 0.1) is 5.82 Å². The zero-order chi connectivity index (χ0) is 23.8. The molecule has 0 aliphatic heterocycles. The number of hydrogen-bond donors (Lipinski definition) is 2. The third kappa shape index (κ3) is 4.65. The normalized spacial score (nSPS) is 11.8. The van der Waals surface area contributed by atoms with Crippen LogP contribution in [0.5, 0.6) is 0 Å². The molecule has 0 spiro atoms. The topological polar surface area (TPSA) is 146 Å². The van der Waals surface area contributed by atoms with Gasteiger partial charge in [-0.1, -0.05) is 18.2 Å². The van der Waals surface area contributed by atoms with Crippen LogP contribution < -0.4 is 16.0 Å². The third-order valence-corrected chi connectivity index (χ3v) is 5.98. The SMILES string of the molecule is CC(C)n1c(=O)c(-c2ccc(NS(=O)(=O)Cc3ccccc3F)nc2)nc2cnc(N)nc21. The largest absolute Gasteiger partial charge is 0.368 e. The van der Waals surface area contributed by atoms with E-state index in [1.807, 2.05) is 13.8 Å². The van der Waals surface area contributed by atoms with E-state index in [1.165, 1.54) is 47.3 Å². The molecule has 10 nitrogen and oxygen atoms in total. The fourth-order valence-corrected chi connectivity index (χ4v) is 4.45. The number of rotatable bonds is 6. The van der Waals surface area contributed by atoms with Crippen LogP contribution in [0.3, 0.4) is 0 Å². The van der Waals surface area contributed by atoms with Crippen LogP contribution in [-0.2, 0) is 15.8 Å². The molecule has 3 aromatic heterocycles. The number of fused-ring (bicyclic) bond motifs is 1. The van der Waals surface area contributed by atoms with Crippen LogP contribution in [-0.4, -0.2) is 32.9 Å². The van der Waals surface area contributed by atoms with Crippen LogP contribution in [0.1, 0.15) is 25.5 Å². The number of nitrogen functional groups attached to an aromatic ring is 1. The van der Waals surface area contributed by atoms with E-state index in [2.05, 4.69) is 24.7 Å². The fourth-order valence-electron chi connectivity index (χ4n) is 3.29. The van der Waals surface area contributed by atoms with Gasteiger partial charge in [-0.3, -0.25) is 14.1 Å². The van der Waals surface area contributed by atoms with E-state index in [1.54, 1.807) is 6.07 Å². The first-order valence-corrected chi connectivity index (χ1v) is 11.5. The first-order chi connectivity index (χ1) is 15.6. The van der Waals surface area contributed by atoms with Crippen molar-refractivity contribution in [3.63, 3.8) is 0 Å². The van der Waals surface area contributed by atoms with Gasteiger partial charge in [0, 0.05) is 23.4 Å². The Hall–Kier alpha value is -3.93. The van der Waals surface area contributed by atoms with Gasteiger partial charge in [0.1, 0.15) is 22.8 Å². The second kappa shape index (κ2) is 8.54. The first-order valence-electron chi connectivity index (χ1n) is 9.90. The molecule has 0 aliphatic carbocycles. The summed E-state index contributed by atoms with van der Waals surface area (Å²) in [6.07, 6.45) is 2.76. The minimum absolute atomic E-state index is 0.0242. The number of sulfonamides is 1. The molecule has 0 unspecified atom stereocenters. The number of pyridine rings is 1. The average Bonchev–Trinajstić information content (AvgIpc) is 2.75. The van der Waals surface area contributed by atoms with Crippen molar-refractivity contribution in [1.29, 1.82) is 0 Å². The van der Waals surface area contributed by atoms with Gasteiger partial charge in [0.05, 0.1) is 11.9 Å². The number of hydrogen-bond acceptors (Lipinski definition) is 8. The summed E-state index contributed by atoms with van der Waals surface area (Å²) in [5.41, 5.74) is 6.49. The summed E-state index contributed by atoms with van der Waals surface area (Å²) in [7, 11) is -3.91. The highest BCUT2D eigenvalue weighted by molar-refractivity contribution is 7.91. The molecule has 0 amide bonds. The number of nitrogens with two attached hydrogens (primary N) is 1. The second-order valence-corrected chi connectivity index (χ2v) is 9.27. The molecule has 4 rings (SSSR count). The zero-order valence-electron chi connectivity index (χ0n) is 17.7. The molecule has 0 saturated heterocycles. The molecule has 0 aliphatic rings. The molecule has 170 valence electrons. The highest BCUT2D eigenvalue weighted by atomic mass is 32.2. The van der Waals surface area contributed by atoms with Gasteiger partial charge in [-0.25, -0.2) is 27.8 Å². The lowest BCUT2D eigenvalue weighted by Gasteiger charge is -2.14. The number of nitrogens with zero attached hydrogens (tertiary/aromatic N) is 5. The molecule has 3 heterocycles. The van der Waals surface area contributed by atoms with Crippen LogP contribution in [0.2, 0.25) is 0 Å². The molecule has 1 aromatic carbocycles. The number of nitrogens with one attached hydrogen (secondary N) is 1. The summed E-state index contributed by atoms with van der Waals surface area (Å²) in [5.74, 6) is -1.10. The van der Waals surface area contributed by atoms with E-state index in [9.17, 15) is 17.6 Å². The molecule has 0 fully saturated rings. The molecule has 3 N–H and O–H groups in total. The van der Waals surface area contributed by atoms with Gasteiger partial charge in [0.25, 0.3) is 5.56 Å². The van der Waals surface area contributed by atoms with E-state index in [0.717, 1.165) is 0 Å². The standard InChI is InChI=1S/C21H20FN7O3S/c1-12(2)29-19-16(10-25-21(23)27-19)26-18(20(29)30)13-7-8-17(24-9-13)28-33(31,32)11-14-5-3-4-6-15(14)22/h3-10,12H,11H2,1-2H3,(H,24,28)(H2,23,25,27). The van der Waals surface area contributed by atoms with Crippen LogP contribution in [0.4, 0.5) is 16.2 Å². The first kappa shape index (κ1) is 22.3. The number of aromatic nitrogens is 5. The molecular weight excluding hydrogens is 449 g/mol. The van der Waals surface area contributed by atoms with Crippen molar-refractivity contribution in [3.8, 4) is 11.3 Å². The van der Waals surface area contributed by atoms with Crippen molar-refractivity contribution in [3.05, 3.63) is 70.5 Å². The lowest BCUT2D eigenvalue weighted by Crippen LogP contribution is -2.26. The van der Waals surface area contributed by atoms with Crippen molar-refractivity contribution < 1.29 is 12.8 Å². The highest BCUT2D eigenvalue weighted by Crippen LogP contribution is 2.20. The van der Waals surface area contributed by atoms with Crippen LogP contribution in [0.25, 0.3) is 22.4 Å². The Labute approximate surface area is 188 Å². The summed E-state index contributed by atoms with van der Waals surface area (Å²) < 4.78 is 42.4. The summed E-state index contributed by atoms with van der Waals surface area (Å²) in [5, 5.41) is 0. The van der Waals surface area contributed by atoms with Gasteiger partial charge in [-0.15, -0.1) is 0 Å². The van der Waals surface area contributed by atoms with E-state index in [4.69, 9.17) is 5.73 Å². The van der Waals surface area contributed by atoms with Gasteiger partial charge < -0.3 is 5.73 Å². The van der Waals surface area contributed by atoms with E-state index in [-0.39, 0.29) is 29.1 Å². The van der Waals surface area contributed by atoms with Crippen molar-refractivity contribution >= 4 is 33.0 Å². The van der Waals surface area contributed by atoms with E-state index < -0.39 is 27.2 Å². The number of halogens is 1. The van der Waals surface area contributed by atoms with Crippen molar-refractivity contribution in [1.82, 2.24) is 24.5 Å². The fraction of sp³-hybridized carbons (Fsp3) is 0.190. The van der Waals surface area contributed by atoms with E-state index in [0.29, 0.717) is 16.7 Å². The minimum atomic E-state index is -3.91. The predicted molar refractivity (Wildman–Crippen MR) is 122 cm³/mol. The molecule has 0 atom stereocenters. The van der Waals surface area contributed by atoms with Gasteiger partial charge in [-0.05, 0) is 32.0 Å². The lowest BCUT2D eigenvalue weighted by atomic mass is 10.2. The zero-order valence-corrected chi connectivity index (χ0v) is 18.5. The number of benzene rings is 1. The predicted octanol–water partition coefficient (Wildman–Crippen LogP) is 2.49. The Morgan fingerprint density at radius 1 is 1.09 bits per heavy atom. The summed E-state index contributed by atoms with van der Waals surface area (Å²) in [6, 6.07) is 8.32. The molecule has 0 bridgehead atoms. The molecule has 4 aromatic rings. The van der Waals surface area contributed by atoms with Crippen LogP contribution >= 0.6 is 0 Å². The molecule has 0 saturated carbocycles. The summed E-state index contributed by atoms with van der Waals surface area (Å²) in [4.78, 5) is 29.6. The Morgan fingerprint density at radius 3 is 2.52 bits per heavy atom. The highest BCUT2D eigenvalue weighted by Gasteiger charge is 2.18. The lowest BCUT2D eigenvalue weighted by molar-refractivity contribution is 0.591. The minimum Gasteiger partial charge on any atom is -0.368 e. The smallest absolute Gasteiger partial charge is 0.279 e. The average molecular weight is 470 g/mol.